The maximum Gasteiger partial charge on any atom is 0.238 e. The van der Waals surface area contributed by atoms with Gasteiger partial charge < -0.3 is 10.1 Å². The zero-order chi connectivity index (χ0) is 18.5. The first-order valence-electron chi connectivity index (χ1n) is 7.28. The lowest BCUT2D eigenvalue weighted by Crippen LogP contribution is -2.50. The first-order valence-corrected chi connectivity index (χ1v) is 9.92. The van der Waals surface area contributed by atoms with E-state index in [2.05, 4.69) is 10.0 Å². The number of amides is 1. The molecule has 2 atom stereocenters. The number of ether oxygens (including phenoxy) is 1. The van der Waals surface area contributed by atoms with Crippen molar-refractivity contribution in [1.29, 1.82) is 0 Å². The summed E-state index contributed by atoms with van der Waals surface area (Å²) in [7, 11) is -2.00. The molecule has 2 N–H and O–H groups in total. The quantitative estimate of drug-likeness (QED) is 0.706. The Morgan fingerprint density at radius 1 is 1.29 bits per heavy atom. The summed E-state index contributed by atoms with van der Waals surface area (Å²) >= 11 is 12.0. The number of methoxy groups -OCH3 is 1. The van der Waals surface area contributed by atoms with Crippen molar-refractivity contribution in [3.63, 3.8) is 0 Å². The van der Waals surface area contributed by atoms with E-state index in [1.807, 2.05) is 0 Å². The van der Waals surface area contributed by atoms with E-state index in [1.165, 1.54) is 7.11 Å². The molecular formula is C15H22Cl2N2O4S. The predicted molar refractivity (Wildman–Crippen MR) is 95.8 cm³/mol. The number of carbonyl (C=O) groups excluding carboxylic acids is 1. The molecule has 1 rings (SSSR count). The summed E-state index contributed by atoms with van der Waals surface area (Å²) in [5, 5.41) is 3.62. The monoisotopic (exact) mass is 396 g/mol. The Kier molecular flexibility index (Phi) is 7.95. The number of hydrogen-bond acceptors (Lipinski definition) is 4. The normalized spacial score (nSPS) is 14.5. The number of halogens is 2. The molecule has 1 amide bonds. The van der Waals surface area contributed by atoms with Gasteiger partial charge in [0.1, 0.15) is 12.1 Å². The standard InChI is InChI=1S/C15H22Cl2N2O4S/c1-9(2)14(19-24(4,21)22)15(20)18-8-13(23-3)11-6-5-10(16)7-12(11)17/h5-7,9,13-14,19H,8H2,1-4H3,(H,18,20). The van der Waals surface area contributed by atoms with Crippen molar-refractivity contribution in [1.82, 2.24) is 10.0 Å². The molecule has 1 aromatic rings. The maximum atomic E-state index is 12.3. The second-order valence-corrected chi connectivity index (χ2v) is 8.37. The lowest BCUT2D eigenvalue weighted by atomic mass is 10.0. The van der Waals surface area contributed by atoms with Crippen molar-refractivity contribution < 1.29 is 17.9 Å². The Hall–Kier alpha value is -0.860. The minimum atomic E-state index is -3.50. The van der Waals surface area contributed by atoms with Gasteiger partial charge in [-0.3, -0.25) is 4.79 Å². The van der Waals surface area contributed by atoms with E-state index in [9.17, 15) is 13.2 Å². The highest BCUT2D eigenvalue weighted by Crippen LogP contribution is 2.27. The van der Waals surface area contributed by atoms with E-state index >= 15 is 0 Å². The number of sulfonamides is 1. The minimum Gasteiger partial charge on any atom is -0.375 e. The Bertz CT molecular complexity index is 680. The summed E-state index contributed by atoms with van der Waals surface area (Å²) in [4.78, 5) is 12.3. The van der Waals surface area contributed by atoms with Crippen LogP contribution in [0.25, 0.3) is 0 Å². The van der Waals surface area contributed by atoms with Crippen molar-refractivity contribution in [3.8, 4) is 0 Å². The molecule has 0 aromatic heterocycles. The van der Waals surface area contributed by atoms with Gasteiger partial charge in [0.15, 0.2) is 0 Å². The van der Waals surface area contributed by atoms with Gasteiger partial charge in [-0.2, -0.15) is 0 Å². The third-order valence-electron chi connectivity index (χ3n) is 3.35. The molecule has 0 heterocycles. The summed E-state index contributed by atoms with van der Waals surface area (Å²) < 4.78 is 30.5. The Balaban J connectivity index is 2.81. The smallest absolute Gasteiger partial charge is 0.238 e. The molecule has 0 saturated heterocycles. The third-order valence-corrected chi connectivity index (χ3v) is 4.59. The number of carbonyl (C=O) groups is 1. The van der Waals surface area contributed by atoms with Crippen molar-refractivity contribution in [2.45, 2.75) is 26.0 Å². The number of hydrogen-bond donors (Lipinski definition) is 2. The van der Waals surface area contributed by atoms with Crippen LogP contribution in [0, 0.1) is 5.92 Å². The van der Waals surface area contributed by atoms with Crippen LogP contribution in [0.3, 0.4) is 0 Å². The molecule has 2 unspecified atom stereocenters. The fraction of sp³-hybridized carbons (Fsp3) is 0.533. The summed E-state index contributed by atoms with van der Waals surface area (Å²) in [6.45, 7) is 3.66. The Morgan fingerprint density at radius 3 is 2.38 bits per heavy atom. The van der Waals surface area contributed by atoms with Gasteiger partial charge >= 0.3 is 0 Å². The van der Waals surface area contributed by atoms with Crippen LogP contribution in [-0.4, -0.2) is 40.3 Å². The number of benzene rings is 1. The molecule has 1 aromatic carbocycles. The van der Waals surface area contributed by atoms with Crippen LogP contribution >= 0.6 is 23.2 Å². The van der Waals surface area contributed by atoms with Crippen LogP contribution in [0.1, 0.15) is 25.5 Å². The average Bonchev–Trinajstić information content (AvgIpc) is 2.45. The number of nitrogens with one attached hydrogen (secondary N) is 2. The first-order chi connectivity index (χ1) is 11.0. The molecule has 6 nitrogen and oxygen atoms in total. The first kappa shape index (κ1) is 21.2. The van der Waals surface area contributed by atoms with E-state index in [1.54, 1.807) is 32.0 Å². The van der Waals surface area contributed by atoms with E-state index in [0.717, 1.165) is 6.26 Å². The molecule has 0 saturated carbocycles. The summed E-state index contributed by atoms with van der Waals surface area (Å²) in [6.07, 6.45) is 0.533. The van der Waals surface area contributed by atoms with Crippen molar-refractivity contribution in [3.05, 3.63) is 33.8 Å². The molecule has 0 aliphatic heterocycles. The van der Waals surface area contributed by atoms with Crippen molar-refractivity contribution in [2.75, 3.05) is 19.9 Å². The molecule has 0 aliphatic rings. The molecule has 9 heteroatoms. The molecule has 0 aliphatic carbocycles. The summed E-state index contributed by atoms with van der Waals surface area (Å²) in [5.74, 6) is -0.637. The van der Waals surface area contributed by atoms with Gasteiger partial charge in [0.05, 0.1) is 6.26 Å². The average molecular weight is 397 g/mol. The lowest BCUT2D eigenvalue weighted by molar-refractivity contribution is -0.124. The van der Waals surface area contributed by atoms with Gasteiger partial charge in [-0.15, -0.1) is 0 Å². The highest BCUT2D eigenvalue weighted by atomic mass is 35.5. The molecule has 24 heavy (non-hydrogen) atoms. The Labute approximate surface area is 152 Å². The van der Waals surface area contributed by atoms with Crippen LogP contribution < -0.4 is 10.0 Å². The van der Waals surface area contributed by atoms with Crippen molar-refractivity contribution >= 4 is 39.1 Å². The minimum absolute atomic E-state index is 0.144. The fourth-order valence-electron chi connectivity index (χ4n) is 2.11. The Morgan fingerprint density at radius 2 is 1.92 bits per heavy atom. The molecule has 0 fully saturated rings. The van der Waals surface area contributed by atoms with Gasteiger partial charge in [-0.1, -0.05) is 43.1 Å². The molecule has 0 bridgehead atoms. The van der Waals surface area contributed by atoms with Crippen LogP contribution in [0.15, 0.2) is 18.2 Å². The van der Waals surface area contributed by atoms with Crippen LogP contribution in [0.4, 0.5) is 0 Å². The third kappa shape index (κ3) is 6.57. The highest BCUT2D eigenvalue weighted by molar-refractivity contribution is 7.88. The van der Waals surface area contributed by atoms with E-state index in [0.29, 0.717) is 15.6 Å². The van der Waals surface area contributed by atoms with E-state index in [4.69, 9.17) is 27.9 Å². The highest BCUT2D eigenvalue weighted by Gasteiger charge is 2.26. The van der Waals surface area contributed by atoms with Gasteiger partial charge in [-0.05, 0) is 18.1 Å². The number of rotatable bonds is 8. The zero-order valence-electron chi connectivity index (χ0n) is 14.0. The van der Waals surface area contributed by atoms with Gasteiger partial charge in [0, 0.05) is 29.3 Å². The van der Waals surface area contributed by atoms with E-state index in [-0.39, 0.29) is 12.5 Å². The summed E-state index contributed by atoms with van der Waals surface area (Å²) in [5.41, 5.74) is 0.682. The fourth-order valence-corrected chi connectivity index (χ4v) is 3.48. The topological polar surface area (TPSA) is 84.5 Å². The van der Waals surface area contributed by atoms with Gasteiger partial charge in [0.25, 0.3) is 0 Å². The van der Waals surface area contributed by atoms with Crippen LogP contribution in [0.2, 0.25) is 10.0 Å². The largest absolute Gasteiger partial charge is 0.375 e. The van der Waals surface area contributed by atoms with Gasteiger partial charge in [-0.25, -0.2) is 13.1 Å². The second kappa shape index (κ2) is 9.01. The molecule has 0 spiro atoms. The summed E-state index contributed by atoms with van der Waals surface area (Å²) in [6, 6.07) is 4.13. The molecular weight excluding hydrogens is 375 g/mol. The predicted octanol–water partition coefficient (Wildman–Crippen LogP) is 2.37. The van der Waals surface area contributed by atoms with Gasteiger partial charge in [0.2, 0.25) is 15.9 Å². The molecule has 136 valence electrons. The van der Waals surface area contributed by atoms with Crippen molar-refractivity contribution in [2.24, 2.45) is 5.92 Å². The van der Waals surface area contributed by atoms with Crippen LogP contribution in [-0.2, 0) is 19.6 Å². The molecule has 0 radical (unpaired) electrons. The second-order valence-electron chi connectivity index (χ2n) is 5.75. The maximum absolute atomic E-state index is 12.3. The van der Waals surface area contributed by atoms with E-state index < -0.39 is 28.1 Å². The zero-order valence-corrected chi connectivity index (χ0v) is 16.3. The van der Waals surface area contributed by atoms with Crippen LogP contribution in [0.5, 0.6) is 0 Å². The lowest BCUT2D eigenvalue weighted by Gasteiger charge is -2.23. The SMILES string of the molecule is COC(CNC(=O)C(NS(C)(=O)=O)C(C)C)c1ccc(Cl)cc1Cl.